The molecule has 0 unspecified atom stereocenters. The second kappa shape index (κ2) is 9.93. The summed E-state index contributed by atoms with van der Waals surface area (Å²) in [5.41, 5.74) is 1.94. The van der Waals surface area contributed by atoms with E-state index in [-0.39, 0.29) is 16.7 Å². The van der Waals surface area contributed by atoms with Crippen molar-refractivity contribution in [2.45, 2.75) is 13.3 Å². The largest absolute Gasteiger partial charge is 0.332 e. The third-order valence-electron chi connectivity index (χ3n) is 3.52. The molecule has 0 saturated carbocycles. The minimum Gasteiger partial charge on any atom is -0.332 e. The van der Waals surface area contributed by atoms with Gasteiger partial charge in [-0.1, -0.05) is 6.92 Å². The molecule has 0 heterocycles. The first-order valence-corrected chi connectivity index (χ1v) is 8.72. The van der Waals surface area contributed by atoms with E-state index in [0.717, 1.165) is 0 Å². The van der Waals surface area contributed by atoms with Crippen LogP contribution in [0.5, 0.6) is 0 Å². The normalized spacial score (nSPS) is 10.3. The summed E-state index contributed by atoms with van der Waals surface area (Å²) in [6.45, 7) is 1.77. The number of nitrogens with one attached hydrogen (secondary N) is 3. The number of nitro benzene ring substituents is 1. The van der Waals surface area contributed by atoms with E-state index in [4.69, 9.17) is 12.2 Å². The Kier molecular flexibility index (Phi) is 7.35. The molecule has 0 bridgehead atoms. The van der Waals surface area contributed by atoms with Gasteiger partial charge in [0.25, 0.3) is 5.69 Å². The Hall–Kier alpha value is -3.59. The van der Waals surface area contributed by atoms with Gasteiger partial charge >= 0.3 is 0 Å². The number of rotatable bonds is 6. The molecule has 0 aliphatic carbocycles. The van der Waals surface area contributed by atoms with Crippen LogP contribution in [-0.4, -0.2) is 21.9 Å². The van der Waals surface area contributed by atoms with Crippen molar-refractivity contribution in [3.8, 4) is 0 Å². The highest BCUT2D eigenvalue weighted by Gasteiger charge is 2.05. The maximum atomic E-state index is 11.9. The average Bonchev–Trinajstić information content (AvgIpc) is 2.68. The first-order valence-electron chi connectivity index (χ1n) is 8.32. The standard InChI is InChI=1S/C19H18N4O4S/c1-2-17(24)20-14-6-8-15(9-7-14)21-19(28)22-18(25)12-5-13-3-10-16(11-4-13)23(26)27/h3-12H,2H2,1H3,(H,20,24)(H2,21,22,25,28)/b12-5+. The van der Waals surface area contributed by atoms with E-state index in [1.807, 2.05) is 0 Å². The molecule has 0 atom stereocenters. The lowest BCUT2D eigenvalue weighted by Gasteiger charge is -2.09. The molecule has 8 nitrogen and oxygen atoms in total. The van der Waals surface area contributed by atoms with Gasteiger partial charge in [0.2, 0.25) is 11.8 Å². The summed E-state index contributed by atoms with van der Waals surface area (Å²) in [6, 6.07) is 12.7. The maximum Gasteiger partial charge on any atom is 0.269 e. The lowest BCUT2D eigenvalue weighted by Crippen LogP contribution is -2.32. The highest BCUT2D eigenvalue weighted by Crippen LogP contribution is 2.14. The number of anilines is 2. The molecule has 0 spiro atoms. The first kappa shape index (κ1) is 20.7. The van der Waals surface area contributed by atoms with Crippen molar-refractivity contribution in [1.82, 2.24) is 5.32 Å². The average molecular weight is 398 g/mol. The fourth-order valence-corrected chi connectivity index (χ4v) is 2.30. The van der Waals surface area contributed by atoms with Crippen LogP contribution in [-0.2, 0) is 9.59 Å². The molecular formula is C19H18N4O4S. The minimum absolute atomic E-state index is 0.0211. The zero-order valence-corrected chi connectivity index (χ0v) is 15.8. The van der Waals surface area contributed by atoms with E-state index in [2.05, 4.69) is 16.0 Å². The zero-order valence-electron chi connectivity index (χ0n) is 15.0. The highest BCUT2D eigenvalue weighted by atomic mass is 32.1. The smallest absolute Gasteiger partial charge is 0.269 e. The molecule has 0 fully saturated rings. The van der Waals surface area contributed by atoms with Crippen LogP contribution in [0, 0.1) is 10.1 Å². The SMILES string of the molecule is CCC(=O)Nc1ccc(NC(=S)NC(=O)/C=C/c2ccc([N+](=O)[O-])cc2)cc1. The molecule has 0 aliphatic rings. The van der Waals surface area contributed by atoms with Crippen LogP contribution >= 0.6 is 12.2 Å². The number of non-ortho nitro benzene ring substituents is 1. The van der Waals surface area contributed by atoms with E-state index < -0.39 is 10.8 Å². The van der Waals surface area contributed by atoms with Gasteiger partial charge in [-0.2, -0.15) is 0 Å². The fraction of sp³-hybridized carbons (Fsp3) is 0.105. The molecular weight excluding hydrogens is 380 g/mol. The molecule has 2 aromatic rings. The zero-order chi connectivity index (χ0) is 20.5. The number of nitro groups is 1. The van der Waals surface area contributed by atoms with Crippen molar-refractivity contribution < 1.29 is 14.5 Å². The van der Waals surface area contributed by atoms with Crippen LogP contribution in [0.15, 0.2) is 54.6 Å². The van der Waals surface area contributed by atoms with Gasteiger partial charge in [-0.25, -0.2) is 0 Å². The number of nitrogens with zero attached hydrogens (tertiary/aromatic N) is 1. The van der Waals surface area contributed by atoms with Gasteiger partial charge in [0.15, 0.2) is 5.11 Å². The molecule has 0 radical (unpaired) electrons. The van der Waals surface area contributed by atoms with E-state index in [1.54, 1.807) is 31.2 Å². The summed E-state index contributed by atoms with van der Waals surface area (Å²) < 4.78 is 0. The number of carbonyl (C=O) groups is 2. The number of benzene rings is 2. The third-order valence-corrected chi connectivity index (χ3v) is 3.72. The van der Waals surface area contributed by atoms with Crippen LogP contribution in [0.4, 0.5) is 17.1 Å². The van der Waals surface area contributed by atoms with Crippen molar-refractivity contribution >= 4 is 52.3 Å². The topological polar surface area (TPSA) is 113 Å². The monoisotopic (exact) mass is 398 g/mol. The summed E-state index contributed by atoms with van der Waals surface area (Å²) in [6.07, 6.45) is 3.19. The lowest BCUT2D eigenvalue weighted by molar-refractivity contribution is -0.384. The number of hydrogen-bond donors (Lipinski definition) is 3. The first-order chi connectivity index (χ1) is 13.4. The van der Waals surface area contributed by atoms with Crippen LogP contribution in [0.2, 0.25) is 0 Å². The predicted octanol–water partition coefficient (Wildman–Crippen LogP) is 3.47. The molecule has 0 aliphatic heterocycles. The van der Waals surface area contributed by atoms with Gasteiger partial charge in [0, 0.05) is 36.0 Å². The van der Waals surface area contributed by atoms with Gasteiger partial charge in [-0.3, -0.25) is 25.0 Å². The Bertz CT molecular complexity index is 909. The minimum atomic E-state index is -0.491. The fourth-order valence-electron chi connectivity index (χ4n) is 2.08. The Morgan fingerprint density at radius 3 is 2.14 bits per heavy atom. The van der Waals surface area contributed by atoms with E-state index in [1.165, 1.54) is 36.4 Å². The van der Waals surface area contributed by atoms with Crippen LogP contribution < -0.4 is 16.0 Å². The molecule has 144 valence electrons. The molecule has 0 aromatic heterocycles. The maximum absolute atomic E-state index is 11.9. The lowest BCUT2D eigenvalue weighted by atomic mass is 10.2. The summed E-state index contributed by atoms with van der Waals surface area (Å²) >= 11 is 5.09. The number of hydrogen-bond acceptors (Lipinski definition) is 5. The van der Waals surface area contributed by atoms with Crippen molar-refractivity contribution in [3.05, 3.63) is 70.3 Å². The quantitative estimate of drug-likeness (QED) is 0.297. The van der Waals surface area contributed by atoms with Crippen molar-refractivity contribution in [1.29, 1.82) is 0 Å². The second-order valence-electron chi connectivity index (χ2n) is 5.60. The highest BCUT2D eigenvalue weighted by molar-refractivity contribution is 7.80. The van der Waals surface area contributed by atoms with Crippen LogP contribution in [0.1, 0.15) is 18.9 Å². The third kappa shape index (κ3) is 6.61. The molecule has 9 heteroatoms. The Morgan fingerprint density at radius 1 is 1.04 bits per heavy atom. The van der Waals surface area contributed by atoms with Gasteiger partial charge in [-0.15, -0.1) is 0 Å². The summed E-state index contributed by atoms with van der Waals surface area (Å²) in [5, 5.41) is 18.8. The summed E-state index contributed by atoms with van der Waals surface area (Å²) in [7, 11) is 0. The van der Waals surface area contributed by atoms with Gasteiger partial charge < -0.3 is 10.6 Å². The number of thiocarbonyl (C=S) groups is 1. The van der Waals surface area contributed by atoms with E-state index >= 15 is 0 Å². The van der Waals surface area contributed by atoms with Crippen LogP contribution in [0.25, 0.3) is 6.08 Å². The number of carbonyl (C=O) groups excluding carboxylic acids is 2. The summed E-state index contributed by atoms with van der Waals surface area (Å²) in [5.74, 6) is -0.522. The molecule has 3 N–H and O–H groups in total. The van der Waals surface area contributed by atoms with Crippen molar-refractivity contribution in [2.24, 2.45) is 0 Å². The molecule has 2 aromatic carbocycles. The Labute approximate surface area is 166 Å². The predicted molar refractivity (Wildman–Crippen MR) is 112 cm³/mol. The second-order valence-corrected chi connectivity index (χ2v) is 6.01. The summed E-state index contributed by atoms with van der Waals surface area (Å²) in [4.78, 5) is 33.4. The number of amides is 2. The van der Waals surface area contributed by atoms with Crippen molar-refractivity contribution in [2.75, 3.05) is 10.6 Å². The van der Waals surface area contributed by atoms with E-state index in [9.17, 15) is 19.7 Å². The molecule has 2 amide bonds. The Morgan fingerprint density at radius 2 is 1.61 bits per heavy atom. The molecule has 2 rings (SSSR count). The Balaban J connectivity index is 1.85. The van der Waals surface area contributed by atoms with Gasteiger partial charge in [0.05, 0.1) is 4.92 Å². The molecule has 28 heavy (non-hydrogen) atoms. The van der Waals surface area contributed by atoms with Gasteiger partial charge in [0.1, 0.15) is 0 Å². The van der Waals surface area contributed by atoms with E-state index in [0.29, 0.717) is 23.4 Å². The van der Waals surface area contributed by atoms with Gasteiger partial charge in [-0.05, 0) is 60.3 Å². The van der Waals surface area contributed by atoms with Crippen LogP contribution in [0.3, 0.4) is 0 Å². The van der Waals surface area contributed by atoms with Crippen molar-refractivity contribution in [3.63, 3.8) is 0 Å². The molecule has 0 saturated heterocycles.